The zero-order chi connectivity index (χ0) is 17.6. The van der Waals surface area contributed by atoms with Crippen molar-refractivity contribution >= 4 is 11.7 Å². The number of aromatic nitrogens is 2. The molecule has 1 aromatic heterocycles. The number of hydrogen-bond acceptors (Lipinski definition) is 5. The number of amides is 1. The van der Waals surface area contributed by atoms with Crippen molar-refractivity contribution in [3.8, 4) is 6.07 Å². The highest BCUT2D eigenvalue weighted by Crippen LogP contribution is 2.27. The number of benzene rings is 1. The maximum absolute atomic E-state index is 14.0. The minimum Gasteiger partial charge on any atom is -0.309 e. The Hall–Kier alpha value is -2.76. The maximum atomic E-state index is 14.0. The molecule has 2 atom stereocenters. The molecule has 0 aliphatic carbocycles. The number of carbonyl (C=O) groups is 1. The van der Waals surface area contributed by atoms with Crippen molar-refractivity contribution in [2.45, 2.75) is 25.4 Å². The molecule has 0 saturated carbocycles. The molecule has 0 bridgehead atoms. The minimum absolute atomic E-state index is 0.229. The highest BCUT2D eigenvalue weighted by molar-refractivity contribution is 5.92. The van der Waals surface area contributed by atoms with Crippen LogP contribution < -0.4 is 16.2 Å². The first-order chi connectivity index (χ1) is 12.2. The lowest BCUT2D eigenvalue weighted by Crippen LogP contribution is -2.30. The molecule has 8 heteroatoms. The molecule has 1 saturated heterocycles. The summed E-state index contributed by atoms with van der Waals surface area (Å²) in [7, 11) is 0. The second-order valence-electron chi connectivity index (χ2n) is 5.85. The van der Waals surface area contributed by atoms with E-state index in [1.54, 1.807) is 35.1 Å². The van der Waals surface area contributed by atoms with Crippen LogP contribution in [-0.2, 0) is 11.3 Å². The molecule has 130 valence electrons. The molecule has 7 nitrogen and oxygen atoms in total. The van der Waals surface area contributed by atoms with Crippen molar-refractivity contribution in [1.29, 1.82) is 5.26 Å². The van der Waals surface area contributed by atoms with Gasteiger partial charge >= 0.3 is 0 Å². The Bertz CT molecular complexity index is 783. The van der Waals surface area contributed by atoms with E-state index in [-0.39, 0.29) is 11.7 Å². The van der Waals surface area contributed by atoms with Gasteiger partial charge in [-0.3, -0.25) is 14.9 Å². The van der Waals surface area contributed by atoms with Gasteiger partial charge in [0.05, 0.1) is 18.0 Å². The summed E-state index contributed by atoms with van der Waals surface area (Å²) in [6.07, 6.45) is 2.93. The van der Waals surface area contributed by atoms with Crippen LogP contribution in [0.5, 0.6) is 0 Å². The number of unbranched alkanes of at least 4 members (excludes halogenated alkanes) is 1. The maximum Gasteiger partial charge on any atom is 0.232 e. The SMILES string of the molecule is N#CCCCn1ccc(NC(=O)C2CNNC2c2ccccc2F)n1. The fourth-order valence-corrected chi connectivity index (χ4v) is 2.86. The highest BCUT2D eigenvalue weighted by Gasteiger charge is 2.35. The summed E-state index contributed by atoms with van der Waals surface area (Å²) in [5, 5.41) is 15.6. The fourth-order valence-electron chi connectivity index (χ4n) is 2.86. The molecule has 0 radical (unpaired) electrons. The smallest absolute Gasteiger partial charge is 0.232 e. The van der Waals surface area contributed by atoms with Gasteiger partial charge in [0.15, 0.2) is 5.82 Å². The van der Waals surface area contributed by atoms with Crippen LogP contribution in [0.15, 0.2) is 36.5 Å². The average Bonchev–Trinajstić information content (AvgIpc) is 3.25. The Morgan fingerprint density at radius 3 is 3.08 bits per heavy atom. The number of carbonyl (C=O) groups excluding carboxylic acids is 1. The number of rotatable bonds is 6. The molecule has 25 heavy (non-hydrogen) atoms. The Kier molecular flexibility index (Phi) is 5.38. The lowest BCUT2D eigenvalue weighted by atomic mass is 9.94. The van der Waals surface area contributed by atoms with Crippen LogP contribution >= 0.6 is 0 Å². The van der Waals surface area contributed by atoms with Crippen LogP contribution in [-0.4, -0.2) is 22.2 Å². The van der Waals surface area contributed by atoms with Gasteiger partial charge in [-0.1, -0.05) is 18.2 Å². The van der Waals surface area contributed by atoms with Crippen LogP contribution in [0.4, 0.5) is 10.2 Å². The molecule has 3 N–H and O–H groups in total. The standard InChI is InChI=1S/C17H19FN6O/c18-14-6-2-1-5-12(14)16-13(11-20-22-16)17(25)21-15-7-10-24(23-15)9-4-3-8-19/h1-2,5-7,10,13,16,20,22H,3-4,9,11H2,(H,21,23,25). The quantitative estimate of drug-likeness (QED) is 0.695. The number of nitrogens with zero attached hydrogens (tertiary/aromatic N) is 3. The predicted octanol–water partition coefficient (Wildman–Crippen LogP) is 1.73. The van der Waals surface area contributed by atoms with E-state index in [0.717, 1.165) is 0 Å². The van der Waals surface area contributed by atoms with Crippen LogP contribution in [0, 0.1) is 23.1 Å². The summed E-state index contributed by atoms with van der Waals surface area (Å²) >= 11 is 0. The molecule has 2 heterocycles. The second kappa shape index (κ2) is 7.88. The van der Waals surface area contributed by atoms with Crippen LogP contribution in [0.25, 0.3) is 0 Å². The molecule has 1 fully saturated rings. The van der Waals surface area contributed by atoms with Gasteiger partial charge in [0.25, 0.3) is 0 Å². The zero-order valence-electron chi connectivity index (χ0n) is 13.6. The monoisotopic (exact) mass is 342 g/mol. The Labute approximate surface area is 144 Å². The number of nitriles is 1. The highest BCUT2D eigenvalue weighted by atomic mass is 19.1. The third kappa shape index (κ3) is 4.02. The van der Waals surface area contributed by atoms with Crippen LogP contribution in [0.2, 0.25) is 0 Å². The lowest BCUT2D eigenvalue weighted by Gasteiger charge is -2.18. The number of aryl methyl sites for hydroxylation is 1. The van der Waals surface area contributed by atoms with Crippen molar-refractivity contribution in [3.63, 3.8) is 0 Å². The molecule has 1 aliphatic rings. The van der Waals surface area contributed by atoms with Gasteiger partial charge in [-0.25, -0.2) is 9.82 Å². The third-order valence-corrected chi connectivity index (χ3v) is 4.13. The van der Waals surface area contributed by atoms with Gasteiger partial charge in [0.1, 0.15) is 5.82 Å². The summed E-state index contributed by atoms with van der Waals surface area (Å²) in [4.78, 5) is 12.6. The largest absolute Gasteiger partial charge is 0.309 e. The summed E-state index contributed by atoms with van der Waals surface area (Å²) < 4.78 is 15.7. The molecular formula is C17H19FN6O. The molecule has 1 amide bonds. The third-order valence-electron chi connectivity index (χ3n) is 4.13. The number of anilines is 1. The molecule has 2 aromatic rings. The Morgan fingerprint density at radius 1 is 1.44 bits per heavy atom. The molecule has 2 unspecified atom stereocenters. The van der Waals surface area contributed by atoms with E-state index in [1.165, 1.54) is 6.07 Å². The predicted molar refractivity (Wildman–Crippen MR) is 89.5 cm³/mol. The van der Waals surface area contributed by atoms with E-state index in [1.807, 2.05) is 0 Å². The summed E-state index contributed by atoms with van der Waals surface area (Å²) in [6.45, 7) is 1.02. The molecule has 1 aromatic carbocycles. The molecule has 3 rings (SSSR count). The zero-order valence-corrected chi connectivity index (χ0v) is 13.6. The summed E-state index contributed by atoms with van der Waals surface area (Å²) in [6, 6.07) is 9.76. The van der Waals surface area contributed by atoms with Crippen LogP contribution in [0.1, 0.15) is 24.4 Å². The molecule has 1 aliphatic heterocycles. The van der Waals surface area contributed by atoms with E-state index in [4.69, 9.17) is 5.26 Å². The van der Waals surface area contributed by atoms with E-state index in [2.05, 4.69) is 27.3 Å². The minimum atomic E-state index is -0.458. The topological polar surface area (TPSA) is 94.8 Å². The van der Waals surface area contributed by atoms with Crippen molar-refractivity contribution in [2.75, 3.05) is 11.9 Å². The normalized spacial score (nSPS) is 19.5. The molecule has 0 spiro atoms. The van der Waals surface area contributed by atoms with Gasteiger partial charge in [0.2, 0.25) is 5.91 Å². The Balaban J connectivity index is 1.64. The summed E-state index contributed by atoms with van der Waals surface area (Å²) in [5.74, 6) is -0.585. The van der Waals surface area contributed by atoms with E-state index in [9.17, 15) is 9.18 Å². The van der Waals surface area contributed by atoms with E-state index >= 15 is 0 Å². The van der Waals surface area contributed by atoms with Gasteiger partial charge in [-0.15, -0.1) is 0 Å². The van der Waals surface area contributed by atoms with Gasteiger partial charge < -0.3 is 5.32 Å². The lowest BCUT2D eigenvalue weighted by molar-refractivity contribution is -0.119. The second-order valence-corrected chi connectivity index (χ2v) is 5.85. The van der Waals surface area contributed by atoms with E-state index in [0.29, 0.717) is 37.3 Å². The fraction of sp³-hybridized carbons (Fsp3) is 0.353. The van der Waals surface area contributed by atoms with Gasteiger partial charge in [-0.05, 0) is 12.5 Å². The van der Waals surface area contributed by atoms with Crippen molar-refractivity contribution < 1.29 is 9.18 Å². The van der Waals surface area contributed by atoms with Crippen molar-refractivity contribution in [2.24, 2.45) is 5.92 Å². The summed E-state index contributed by atoms with van der Waals surface area (Å²) in [5.41, 5.74) is 6.34. The first-order valence-electron chi connectivity index (χ1n) is 8.13. The van der Waals surface area contributed by atoms with Crippen LogP contribution in [0.3, 0.4) is 0 Å². The Morgan fingerprint density at radius 2 is 2.28 bits per heavy atom. The number of nitrogens with one attached hydrogen (secondary N) is 3. The van der Waals surface area contributed by atoms with Gasteiger partial charge in [0, 0.05) is 37.3 Å². The van der Waals surface area contributed by atoms with Crippen molar-refractivity contribution in [3.05, 3.63) is 47.9 Å². The average molecular weight is 342 g/mol. The number of halogens is 1. The number of hydrogen-bond donors (Lipinski definition) is 3. The molecular weight excluding hydrogens is 323 g/mol. The first-order valence-corrected chi connectivity index (χ1v) is 8.13. The number of hydrazine groups is 1. The first kappa shape index (κ1) is 17.1. The van der Waals surface area contributed by atoms with E-state index < -0.39 is 12.0 Å². The van der Waals surface area contributed by atoms with Gasteiger partial charge in [-0.2, -0.15) is 10.4 Å². The van der Waals surface area contributed by atoms with Crippen molar-refractivity contribution in [1.82, 2.24) is 20.6 Å².